The van der Waals surface area contributed by atoms with Crippen molar-refractivity contribution < 1.29 is 19.4 Å². The molecule has 4 N–H and O–H groups in total. The molecule has 3 rings (SSSR count). The largest absolute Gasteiger partial charge is 0.491 e. The number of aliphatic hydroxyl groups excluding tert-OH is 1. The van der Waals surface area contributed by atoms with Gasteiger partial charge in [-0.25, -0.2) is 0 Å². The molecule has 1 atom stereocenters. The Balaban J connectivity index is 1.44. The Morgan fingerprint density at radius 3 is 2.33 bits per heavy atom. The number of anilines is 1. The van der Waals surface area contributed by atoms with Crippen molar-refractivity contribution >= 4 is 17.5 Å². The Hall–Kier alpha value is -2.16. The summed E-state index contributed by atoms with van der Waals surface area (Å²) in [5.41, 5.74) is 6.01. The number of nitrogens with one attached hydrogen (secondary N) is 1. The van der Waals surface area contributed by atoms with Gasteiger partial charge in [-0.15, -0.1) is 0 Å². The maximum Gasteiger partial charge on any atom is 0.238 e. The predicted octanol–water partition coefficient (Wildman–Crippen LogP) is 1.19. The maximum atomic E-state index is 12.3. The van der Waals surface area contributed by atoms with E-state index in [0.29, 0.717) is 30.8 Å². The molecule has 1 unspecified atom stereocenters. The van der Waals surface area contributed by atoms with Crippen LogP contribution in [0.1, 0.15) is 39.0 Å². The molecule has 2 aliphatic rings. The van der Waals surface area contributed by atoms with Crippen molar-refractivity contribution in [1.29, 1.82) is 0 Å². The standard InChI is InChI=1S/C22H34N4O4/c1-17(27)24-18-5-7-20(8-6-18)30-16-19(28)15-25-13-9-22(10-14-25,21(23)29)26-11-3-2-4-12-26/h5-8,19,28H,2-4,9-16H2,1H3,(H2,23,29)(H,24,27). The highest BCUT2D eigenvalue weighted by molar-refractivity contribution is 5.88. The molecule has 0 radical (unpaired) electrons. The first-order chi connectivity index (χ1) is 14.4. The number of benzene rings is 1. The topological polar surface area (TPSA) is 108 Å². The Kier molecular flexibility index (Phi) is 7.69. The van der Waals surface area contributed by atoms with Crippen molar-refractivity contribution in [3.05, 3.63) is 24.3 Å². The molecule has 0 saturated carbocycles. The van der Waals surface area contributed by atoms with Gasteiger partial charge < -0.3 is 25.8 Å². The van der Waals surface area contributed by atoms with Crippen LogP contribution in [0.2, 0.25) is 0 Å². The van der Waals surface area contributed by atoms with Gasteiger partial charge in [0.2, 0.25) is 11.8 Å². The molecule has 2 heterocycles. The van der Waals surface area contributed by atoms with Crippen LogP contribution in [0, 0.1) is 0 Å². The number of likely N-dealkylation sites (tertiary alicyclic amines) is 2. The predicted molar refractivity (Wildman–Crippen MR) is 115 cm³/mol. The number of amides is 2. The molecule has 1 aromatic carbocycles. The molecule has 2 fully saturated rings. The molecule has 0 aliphatic carbocycles. The molecule has 2 amide bonds. The Morgan fingerprint density at radius 2 is 1.77 bits per heavy atom. The molecule has 2 saturated heterocycles. The van der Waals surface area contributed by atoms with E-state index in [0.717, 1.165) is 39.0 Å². The summed E-state index contributed by atoms with van der Waals surface area (Å²) in [6, 6.07) is 7.05. The molecular weight excluding hydrogens is 384 g/mol. The number of rotatable bonds is 8. The zero-order chi connectivity index (χ0) is 21.6. The van der Waals surface area contributed by atoms with E-state index in [4.69, 9.17) is 10.5 Å². The van der Waals surface area contributed by atoms with Crippen LogP contribution in [-0.4, -0.2) is 77.7 Å². The molecule has 8 nitrogen and oxygen atoms in total. The zero-order valence-corrected chi connectivity index (χ0v) is 17.8. The van der Waals surface area contributed by atoms with Crippen LogP contribution in [0.5, 0.6) is 5.75 Å². The van der Waals surface area contributed by atoms with Gasteiger partial charge in [0.25, 0.3) is 0 Å². The molecule has 1 aromatic rings. The SMILES string of the molecule is CC(=O)Nc1ccc(OCC(O)CN2CCC(C(N)=O)(N3CCCCC3)CC2)cc1. The highest BCUT2D eigenvalue weighted by Gasteiger charge is 2.45. The zero-order valence-electron chi connectivity index (χ0n) is 17.8. The number of ether oxygens (including phenoxy) is 1. The van der Waals surface area contributed by atoms with E-state index >= 15 is 0 Å². The van der Waals surface area contributed by atoms with Crippen molar-refractivity contribution in [3.63, 3.8) is 0 Å². The van der Waals surface area contributed by atoms with E-state index in [1.54, 1.807) is 24.3 Å². The van der Waals surface area contributed by atoms with Crippen LogP contribution in [-0.2, 0) is 9.59 Å². The second-order valence-corrected chi connectivity index (χ2v) is 8.41. The second kappa shape index (κ2) is 10.2. The summed E-state index contributed by atoms with van der Waals surface area (Å²) in [6.07, 6.45) is 4.26. The first-order valence-corrected chi connectivity index (χ1v) is 10.8. The average molecular weight is 419 g/mol. The lowest BCUT2D eigenvalue weighted by Gasteiger charge is -2.48. The van der Waals surface area contributed by atoms with Gasteiger partial charge in [-0.05, 0) is 63.0 Å². The van der Waals surface area contributed by atoms with Crippen LogP contribution in [0.3, 0.4) is 0 Å². The summed E-state index contributed by atoms with van der Waals surface area (Å²) in [5.74, 6) is 0.302. The number of β-amino-alcohol motifs (C(OH)–C–C–N with tert-alkyl or cyclic N) is 1. The van der Waals surface area contributed by atoms with Crippen LogP contribution in [0.15, 0.2) is 24.3 Å². The number of nitrogens with two attached hydrogens (primary N) is 1. The number of hydrogen-bond donors (Lipinski definition) is 3. The molecule has 0 aromatic heterocycles. The normalized spacial score (nSPS) is 21.0. The highest BCUT2D eigenvalue weighted by Crippen LogP contribution is 2.31. The van der Waals surface area contributed by atoms with Gasteiger partial charge in [-0.1, -0.05) is 6.42 Å². The van der Waals surface area contributed by atoms with Gasteiger partial charge in [0, 0.05) is 32.2 Å². The molecule has 0 bridgehead atoms. The number of piperidine rings is 2. The lowest BCUT2D eigenvalue weighted by atomic mass is 9.83. The van der Waals surface area contributed by atoms with Gasteiger partial charge >= 0.3 is 0 Å². The molecule has 0 spiro atoms. The van der Waals surface area contributed by atoms with Crippen molar-refractivity contribution in [1.82, 2.24) is 9.80 Å². The number of hydrogen-bond acceptors (Lipinski definition) is 6. The Bertz CT molecular complexity index is 710. The lowest BCUT2D eigenvalue weighted by molar-refractivity contribution is -0.135. The number of nitrogens with zero attached hydrogens (tertiary/aromatic N) is 2. The monoisotopic (exact) mass is 418 g/mol. The molecule has 30 heavy (non-hydrogen) atoms. The minimum absolute atomic E-state index is 0.124. The van der Waals surface area contributed by atoms with Crippen LogP contribution in [0.25, 0.3) is 0 Å². The first kappa shape index (κ1) is 22.5. The van der Waals surface area contributed by atoms with Crippen LogP contribution < -0.4 is 15.8 Å². The lowest BCUT2D eigenvalue weighted by Crippen LogP contribution is -2.63. The average Bonchev–Trinajstić information content (AvgIpc) is 2.74. The van der Waals surface area contributed by atoms with Gasteiger partial charge in [0.05, 0.1) is 0 Å². The fourth-order valence-corrected chi connectivity index (χ4v) is 4.53. The number of primary amides is 1. The smallest absolute Gasteiger partial charge is 0.238 e. The van der Waals surface area contributed by atoms with E-state index in [1.807, 2.05) is 0 Å². The maximum absolute atomic E-state index is 12.3. The van der Waals surface area contributed by atoms with Gasteiger partial charge in [-0.3, -0.25) is 14.5 Å². The Labute approximate surface area is 178 Å². The number of aliphatic hydroxyl groups is 1. The summed E-state index contributed by atoms with van der Waals surface area (Å²) in [5, 5.41) is 13.1. The summed E-state index contributed by atoms with van der Waals surface area (Å²) < 4.78 is 5.67. The fourth-order valence-electron chi connectivity index (χ4n) is 4.53. The second-order valence-electron chi connectivity index (χ2n) is 8.41. The third-order valence-electron chi connectivity index (χ3n) is 6.19. The molecule has 166 valence electrons. The minimum Gasteiger partial charge on any atom is -0.491 e. The fraction of sp³-hybridized carbons (Fsp3) is 0.636. The highest BCUT2D eigenvalue weighted by atomic mass is 16.5. The van der Waals surface area contributed by atoms with E-state index in [2.05, 4.69) is 15.1 Å². The van der Waals surface area contributed by atoms with Crippen LogP contribution >= 0.6 is 0 Å². The summed E-state index contributed by atoms with van der Waals surface area (Å²) in [7, 11) is 0. The van der Waals surface area contributed by atoms with Crippen molar-refractivity contribution in [2.75, 3.05) is 44.6 Å². The van der Waals surface area contributed by atoms with E-state index < -0.39 is 11.6 Å². The van der Waals surface area contributed by atoms with Crippen molar-refractivity contribution in [2.24, 2.45) is 5.73 Å². The van der Waals surface area contributed by atoms with Gasteiger partial charge in [0.15, 0.2) is 0 Å². The molecular formula is C22H34N4O4. The summed E-state index contributed by atoms with van der Waals surface area (Å²) >= 11 is 0. The number of carbonyl (C=O) groups is 2. The third kappa shape index (κ3) is 5.71. The summed E-state index contributed by atoms with van der Waals surface area (Å²) in [6.45, 7) is 5.51. The van der Waals surface area contributed by atoms with Crippen molar-refractivity contribution in [2.45, 2.75) is 50.7 Å². The van der Waals surface area contributed by atoms with E-state index in [-0.39, 0.29) is 18.4 Å². The quantitative estimate of drug-likeness (QED) is 0.585. The van der Waals surface area contributed by atoms with Crippen LogP contribution in [0.4, 0.5) is 5.69 Å². The third-order valence-corrected chi connectivity index (χ3v) is 6.19. The van der Waals surface area contributed by atoms with E-state index in [9.17, 15) is 14.7 Å². The number of carbonyl (C=O) groups excluding carboxylic acids is 2. The summed E-state index contributed by atoms with van der Waals surface area (Å²) in [4.78, 5) is 27.8. The van der Waals surface area contributed by atoms with Gasteiger partial charge in [-0.2, -0.15) is 0 Å². The van der Waals surface area contributed by atoms with E-state index in [1.165, 1.54) is 13.3 Å². The molecule has 8 heteroatoms. The molecule has 2 aliphatic heterocycles. The minimum atomic E-state index is -0.629. The van der Waals surface area contributed by atoms with Gasteiger partial charge in [0.1, 0.15) is 24.0 Å². The van der Waals surface area contributed by atoms with Crippen molar-refractivity contribution in [3.8, 4) is 5.75 Å². The Morgan fingerprint density at radius 1 is 1.13 bits per heavy atom. The first-order valence-electron chi connectivity index (χ1n) is 10.8.